The maximum absolute atomic E-state index is 12.6. The monoisotopic (exact) mass is 391 g/mol. The summed E-state index contributed by atoms with van der Waals surface area (Å²) >= 11 is 0. The van der Waals surface area contributed by atoms with Gasteiger partial charge in [-0.2, -0.15) is 0 Å². The van der Waals surface area contributed by atoms with Crippen molar-refractivity contribution in [3.63, 3.8) is 0 Å². The van der Waals surface area contributed by atoms with Crippen LogP contribution in [-0.4, -0.2) is 31.5 Å². The molecule has 0 radical (unpaired) electrons. The summed E-state index contributed by atoms with van der Waals surface area (Å²) in [6.07, 6.45) is 1.81. The maximum Gasteiger partial charge on any atom is 0.271 e. The Labute approximate surface area is 158 Å². The number of carbonyl (C=O) groups excluding carboxylic acids is 1. The molecule has 2 aromatic rings. The average molecular weight is 391 g/mol. The minimum absolute atomic E-state index is 0.0516. The van der Waals surface area contributed by atoms with Gasteiger partial charge in [-0.25, -0.2) is 8.42 Å². The van der Waals surface area contributed by atoms with Gasteiger partial charge in [0.25, 0.3) is 5.69 Å². The molecule has 27 heavy (non-hydrogen) atoms. The van der Waals surface area contributed by atoms with Crippen molar-refractivity contribution in [3.8, 4) is 0 Å². The Morgan fingerprint density at radius 3 is 2.37 bits per heavy atom. The number of benzene rings is 2. The number of nitro benzene ring substituents is 1. The van der Waals surface area contributed by atoms with E-state index in [4.69, 9.17) is 0 Å². The lowest BCUT2D eigenvalue weighted by Crippen LogP contribution is -2.45. The molecule has 9 heteroatoms. The molecule has 0 spiro atoms. The average Bonchev–Trinajstić information content (AvgIpc) is 2.61. The van der Waals surface area contributed by atoms with Crippen LogP contribution in [0.1, 0.15) is 19.4 Å². The Morgan fingerprint density at radius 2 is 1.85 bits per heavy atom. The van der Waals surface area contributed by atoms with Crippen molar-refractivity contribution >= 4 is 33.0 Å². The zero-order valence-corrected chi connectivity index (χ0v) is 16.1. The molecular formula is C18H21N3O5S. The van der Waals surface area contributed by atoms with E-state index in [1.807, 2.05) is 19.1 Å². The molecule has 8 nitrogen and oxygen atoms in total. The first-order valence-corrected chi connectivity index (χ1v) is 10.1. The zero-order chi connectivity index (χ0) is 20.2. The number of nitro groups is 1. The molecule has 0 aliphatic heterocycles. The van der Waals surface area contributed by atoms with E-state index < -0.39 is 26.9 Å². The number of hydrogen-bond donors (Lipinski definition) is 1. The van der Waals surface area contributed by atoms with Gasteiger partial charge in [0.1, 0.15) is 6.04 Å². The highest BCUT2D eigenvalue weighted by Crippen LogP contribution is 2.25. The van der Waals surface area contributed by atoms with Gasteiger partial charge in [-0.05, 0) is 37.1 Å². The molecule has 1 atom stereocenters. The summed E-state index contributed by atoms with van der Waals surface area (Å²) in [6.45, 7) is 3.44. The Morgan fingerprint density at radius 1 is 1.22 bits per heavy atom. The van der Waals surface area contributed by atoms with E-state index in [1.165, 1.54) is 25.1 Å². The third-order valence-electron chi connectivity index (χ3n) is 4.01. The molecule has 144 valence electrons. The van der Waals surface area contributed by atoms with Gasteiger partial charge in [0.05, 0.1) is 16.9 Å². The number of nitrogens with zero attached hydrogens (tertiary/aromatic N) is 2. The van der Waals surface area contributed by atoms with E-state index in [1.54, 1.807) is 12.1 Å². The predicted octanol–water partition coefficient (Wildman–Crippen LogP) is 2.95. The largest absolute Gasteiger partial charge is 0.324 e. The number of sulfonamides is 1. The fraction of sp³-hybridized carbons (Fsp3) is 0.278. The number of nitrogens with one attached hydrogen (secondary N) is 1. The molecule has 0 bridgehead atoms. The smallest absolute Gasteiger partial charge is 0.271 e. The number of non-ortho nitro benzene ring substituents is 1. The zero-order valence-electron chi connectivity index (χ0n) is 15.2. The maximum atomic E-state index is 12.6. The van der Waals surface area contributed by atoms with Crippen molar-refractivity contribution in [1.29, 1.82) is 0 Å². The first-order valence-electron chi connectivity index (χ1n) is 8.27. The topological polar surface area (TPSA) is 110 Å². The third kappa shape index (κ3) is 5.04. The SMILES string of the molecule is CCc1ccc(NC(=O)[C@@H](C)N(c2cccc([N+](=O)[O-])c2)S(C)(=O)=O)cc1. The van der Waals surface area contributed by atoms with Gasteiger partial charge >= 0.3 is 0 Å². The highest BCUT2D eigenvalue weighted by Gasteiger charge is 2.30. The van der Waals surface area contributed by atoms with E-state index in [0.29, 0.717) is 5.69 Å². The lowest BCUT2D eigenvalue weighted by Gasteiger charge is -2.28. The molecule has 0 saturated heterocycles. The van der Waals surface area contributed by atoms with Crippen molar-refractivity contribution < 1.29 is 18.1 Å². The third-order valence-corrected chi connectivity index (χ3v) is 5.25. The van der Waals surface area contributed by atoms with Crippen molar-refractivity contribution in [2.45, 2.75) is 26.3 Å². The van der Waals surface area contributed by atoms with Crippen LogP contribution >= 0.6 is 0 Å². The molecule has 1 amide bonds. The normalized spacial score (nSPS) is 12.3. The Hall–Kier alpha value is -2.94. The summed E-state index contributed by atoms with van der Waals surface area (Å²) in [4.78, 5) is 23.0. The van der Waals surface area contributed by atoms with Crippen molar-refractivity contribution in [1.82, 2.24) is 0 Å². The lowest BCUT2D eigenvalue weighted by molar-refractivity contribution is -0.384. The van der Waals surface area contributed by atoms with E-state index in [2.05, 4.69) is 5.32 Å². The van der Waals surface area contributed by atoms with Gasteiger partial charge in [0, 0.05) is 17.8 Å². The highest BCUT2D eigenvalue weighted by atomic mass is 32.2. The van der Waals surface area contributed by atoms with Crippen LogP contribution in [0.4, 0.5) is 17.1 Å². The van der Waals surface area contributed by atoms with Gasteiger partial charge in [0.2, 0.25) is 15.9 Å². The molecule has 0 aliphatic rings. The minimum atomic E-state index is -3.86. The first-order chi connectivity index (χ1) is 12.6. The van der Waals surface area contributed by atoms with Crippen LogP contribution in [0.3, 0.4) is 0 Å². The second kappa shape index (κ2) is 8.17. The highest BCUT2D eigenvalue weighted by molar-refractivity contribution is 7.92. The van der Waals surface area contributed by atoms with Crippen molar-refractivity contribution in [2.24, 2.45) is 0 Å². The number of carbonyl (C=O) groups is 1. The van der Waals surface area contributed by atoms with Crippen LogP contribution in [0, 0.1) is 10.1 Å². The predicted molar refractivity (Wildman–Crippen MR) is 104 cm³/mol. The lowest BCUT2D eigenvalue weighted by atomic mass is 10.1. The van der Waals surface area contributed by atoms with Gasteiger partial charge in [-0.1, -0.05) is 25.1 Å². The Bertz CT molecular complexity index is 942. The van der Waals surface area contributed by atoms with Crippen LogP contribution in [0.5, 0.6) is 0 Å². The van der Waals surface area contributed by atoms with E-state index in [-0.39, 0.29) is 11.4 Å². The molecule has 2 aromatic carbocycles. The molecule has 0 fully saturated rings. The van der Waals surface area contributed by atoms with Gasteiger partial charge in [0.15, 0.2) is 0 Å². The number of anilines is 2. The fourth-order valence-electron chi connectivity index (χ4n) is 2.62. The standard InChI is InChI=1S/C18H21N3O5S/c1-4-14-8-10-15(11-9-14)19-18(22)13(2)20(27(3,25)26)16-6-5-7-17(12-16)21(23)24/h5-13H,4H2,1-3H3,(H,19,22)/t13-/m1/s1. The summed E-state index contributed by atoms with van der Waals surface area (Å²) in [5.74, 6) is -0.545. The number of rotatable bonds is 7. The van der Waals surface area contributed by atoms with Crippen molar-refractivity contribution in [3.05, 3.63) is 64.2 Å². The second-order valence-electron chi connectivity index (χ2n) is 6.05. The molecule has 0 unspecified atom stereocenters. The number of hydrogen-bond acceptors (Lipinski definition) is 5. The van der Waals surface area contributed by atoms with Crippen LogP contribution in [-0.2, 0) is 21.2 Å². The molecule has 0 aromatic heterocycles. The first kappa shape index (κ1) is 20.4. The van der Waals surface area contributed by atoms with E-state index >= 15 is 0 Å². The van der Waals surface area contributed by atoms with Crippen molar-refractivity contribution in [2.75, 3.05) is 15.9 Å². The molecule has 0 saturated carbocycles. The minimum Gasteiger partial charge on any atom is -0.324 e. The summed E-state index contributed by atoms with van der Waals surface area (Å²) in [6, 6.07) is 11.3. The van der Waals surface area contributed by atoms with Gasteiger partial charge in [-0.3, -0.25) is 19.2 Å². The van der Waals surface area contributed by atoms with Crippen LogP contribution in [0.2, 0.25) is 0 Å². The molecule has 0 heterocycles. The molecule has 2 rings (SSSR count). The summed E-state index contributed by atoms with van der Waals surface area (Å²) < 4.78 is 25.4. The Balaban J connectivity index is 2.31. The number of amides is 1. The summed E-state index contributed by atoms with van der Waals surface area (Å²) in [5.41, 5.74) is 1.44. The molecular weight excluding hydrogens is 370 g/mol. The van der Waals surface area contributed by atoms with Crippen LogP contribution < -0.4 is 9.62 Å². The summed E-state index contributed by atoms with van der Waals surface area (Å²) in [5, 5.41) is 13.7. The molecule has 1 N–H and O–H groups in total. The van der Waals surface area contributed by atoms with Gasteiger partial charge < -0.3 is 5.32 Å². The van der Waals surface area contributed by atoms with E-state index in [9.17, 15) is 23.3 Å². The fourth-order valence-corrected chi connectivity index (χ4v) is 3.79. The Kier molecular flexibility index (Phi) is 6.17. The number of aryl methyl sites for hydroxylation is 1. The molecule has 0 aliphatic carbocycles. The van der Waals surface area contributed by atoms with E-state index in [0.717, 1.165) is 28.6 Å². The summed E-state index contributed by atoms with van der Waals surface area (Å²) in [7, 11) is -3.86. The quantitative estimate of drug-likeness (QED) is 0.576. The van der Waals surface area contributed by atoms with Crippen LogP contribution in [0.15, 0.2) is 48.5 Å². The van der Waals surface area contributed by atoms with Gasteiger partial charge in [-0.15, -0.1) is 0 Å². The second-order valence-corrected chi connectivity index (χ2v) is 7.91. The van der Waals surface area contributed by atoms with Crippen LogP contribution in [0.25, 0.3) is 0 Å².